The quantitative estimate of drug-likeness (QED) is 0.843. The number of aromatic nitrogens is 2. The van der Waals surface area contributed by atoms with Gasteiger partial charge in [0.25, 0.3) is 0 Å². The van der Waals surface area contributed by atoms with E-state index in [-0.39, 0.29) is 12.2 Å². The summed E-state index contributed by atoms with van der Waals surface area (Å²) < 4.78 is 5.00. The Hall–Kier alpha value is -2.69. The number of carbonyl (C=O) groups is 2. The second-order valence-corrected chi connectivity index (χ2v) is 5.27. The number of hydrogen-bond acceptors (Lipinski definition) is 6. The van der Waals surface area contributed by atoms with Crippen LogP contribution in [0, 0.1) is 11.3 Å². The second-order valence-electron chi connectivity index (χ2n) is 5.27. The van der Waals surface area contributed by atoms with E-state index in [0.717, 1.165) is 0 Å². The van der Waals surface area contributed by atoms with Gasteiger partial charge in [-0.05, 0) is 26.3 Å². The Morgan fingerprint density at radius 2 is 2.00 bits per heavy atom. The highest BCUT2D eigenvalue weighted by Crippen LogP contribution is 2.08. The molecule has 0 aliphatic heterocycles. The molecule has 1 rings (SSSR count). The van der Waals surface area contributed by atoms with Crippen LogP contribution in [-0.2, 0) is 16.0 Å². The summed E-state index contributed by atoms with van der Waals surface area (Å²) >= 11 is 0. The van der Waals surface area contributed by atoms with Crippen LogP contribution in [-0.4, -0.2) is 38.8 Å². The fraction of sp³-hybridized carbons (Fsp3) is 0.462. The van der Waals surface area contributed by atoms with Crippen LogP contribution in [0.1, 0.15) is 32.2 Å². The predicted molar refractivity (Wildman–Crippen MR) is 71.2 cm³/mol. The molecule has 21 heavy (non-hydrogen) atoms. The van der Waals surface area contributed by atoms with Crippen LogP contribution < -0.4 is 5.32 Å². The third-order valence-electron chi connectivity index (χ3n) is 2.23. The largest absolute Gasteiger partial charge is 0.480 e. The lowest BCUT2D eigenvalue weighted by molar-refractivity contribution is -0.139. The van der Waals surface area contributed by atoms with Crippen molar-refractivity contribution in [2.75, 3.05) is 0 Å². The summed E-state index contributed by atoms with van der Waals surface area (Å²) in [6.07, 6.45) is 1.86. The molecule has 8 nitrogen and oxygen atoms in total. The molecule has 0 saturated carbocycles. The van der Waals surface area contributed by atoms with Gasteiger partial charge < -0.3 is 15.2 Å². The molecule has 2 N–H and O–H groups in total. The van der Waals surface area contributed by atoms with Crippen LogP contribution in [0.3, 0.4) is 0 Å². The van der Waals surface area contributed by atoms with Crippen molar-refractivity contribution >= 4 is 12.1 Å². The number of carboxylic acids is 1. The van der Waals surface area contributed by atoms with Gasteiger partial charge in [-0.3, -0.25) is 0 Å². The monoisotopic (exact) mass is 292 g/mol. The van der Waals surface area contributed by atoms with Gasteiger partial charge in [0.1, 0.15) is 17.7 Å². The molecule has 1 atom stereocenters. The number of aliphatic carboxylic acids is 1. The third kappa shape index (κ3) is 5.86. The highest BCUT2D eigenvalue weighted by molar-refractivity contribution is 5.80. The fourth-order valence-electron chi connectivity index (χ4n) is 1.40. The molecule has 0 spiro atoms. The van der Waals surface area contributed by atoms with Crippen molar-refractivity contribution in [3.05, 3.63) is 23.8 Å². The number of carboxylic acid groups (broad SMARTS) is 1. The summed E-state index contributed by atoms with van der Waals surface area (Å²) in [4.78, 5) is 30.2. The minimum Gasteiger partial charge on any atom is -0.480 e. The molecular weight excluding hydrogens is 276 g/mol. The molecule has 1 heterocycles. The standard InChI is InChI=1S/C13H16N4O4/c1-13(2,3)21-12(20)17-9(11(18)19)4-8-6-15-10(5-14)16-7-8/h6-7,9H,4H2,1-3H3,(H,17,20)(H,18,19)/t9-/m0/s1. The first-order chi connectivity index (χ1) is 9.71. The van der Waals surface area contributed by atoms with Gasteiger partial charge in [0.15, 0.2) is 0 Å². The van der Waals surface area contributed by atoms with E-state index in [2.05, 4.69) is 15.3 Å². The minimum atomic E-state index is -1.20. The van der Waals surface area contributed by atoms with Crippen molar-refractivity contribution < 1.29 is 19.4 Å². The fourth-order valence-corrected chi connectivity index (χ4v) is 1.40. The molecule has 8 heteroatoms. The molecule has 0 saturated heterocycles. The van der Waals surface area contributed by atoms with E-state index in [1.54, 1.807) is 26.8 Å². The summed E-state index contributed by atoms with van der Waals surface area (Å²) in [6, 6.07) is 0.590. The highest BCUT2D eigenvalue weighted by atomic mass is 16.6. The molecular formula is C13H16N4O4. The van der Waals surface area contributed by atoms with Gasteiger partial charge >= 0.3 is 12.1 Å². The van der Waals surface area contributed by atoms with Gasteiger partial charge in [0.05, 0.1) is 0 Å². The zero-order valence-electron chi connectivity index (χ0n) is 12.0. The van der Waals surface area contributed by atoms with Crippen molar-refractivity contribution in [2.45, 2.75) is 38.8 Å². The minimum absolute atomic E-state index is 0.00859. The van der Waals surface area contributed by atoms with Crippen LogP contribution in [0.4, 0.5) is 4.79 Å². The van der Waals surface area contributed by atoms with E-state index < -0.39 is 23.7 Å². The van der Waals surface area contributed by atoms with E-state index >= 15 is 0 Å². The van der Waals surface area contributed by atoms with Crippen LogP contribution >= 0.6 is 0 Å². The van der Waals surface area contributed by atoms with Crippen molar-refractivity contribution in [2.24, 2.45) is 0 Å². The van der Waals surface area contributed by atoms with Crippen LogP contribution in [0.2, 0.25) is 0 Å². The summed E-state index contributed by atoms with van der Waals surface area (Å²) in [6.45, 7) is 5.03. The van der Waals surface area contributed by atoms with Crippen LogP contribution in [0.25, 0.3) is 0 Å². The molecule has 0 aliphatic rings. The zero-order chi connectivity index (χ0) is 16.0. The van der Waals surface area contributed by atoms with Gasteiger partial charge in [-0.15, -0.1) is 0 Å². The van der Waals surface area contributed by atoms with Gasteiger partial charge in [0, 0.05) is 18.8 Å². The Kier molecular flexibility index (Phi) is 5.18. The molecule has 1 aromatic heterocycles. The zero-order valence-corrected chi connectivity index (χ0v) is 12.0. The number of nitrogens with one attached hydrogen (secondary N) is 1. The van der Waals surface area contributed by atoms with Crippen molar-refractivity contribution in [3.8, 4) is 6.07 Å². The Morgan fingerprint density at radius 3 is 2.43 bits per heavy atom. The van der Waals surface area contributed by atoms with E-state index in [1.807, 2.05) is 0 Å². The lowest BCUT2D eigenvalue weighted by Gasteiger charge is -2.21. The smallest absolute Gasteiger partial charge is 0.408 e. The average Bonchev–Trinajstić information content (AvgIpc) is 2.36. The number of nitrogens with zero attached hydrogens (tertiary/aromatic N) is 3. The van der Waals surface area contributed by atoms with E-state index in [1.165, 1.54) is 12.4 Å². The molecule has 1 aromatic rings. The van der Waals surface area contributed by atoms with Crippen molar-refractivity contribution in [1.29, 1.82) is 5.26 Å². The molecule has 0 unspecified atom stereocenters. The second kappa shape index (κ2) is 6.65. The summed E-state index contributed by atoms with van der Waals surface area (Å²) in [5, 5.41) is 20.0. The number of carbonyl (C=O) groups excluding carboxylic acids is 1. The SMILES string of the molecule is CC(C)(C)OC(=O)N[C@@H](Cc1cnc(C#N)nc1)C(=O)O. The van der Waals surface area contributed by atoms with Gasteiger partial charge in [-0.2, -0.15) is 5.26 Å². The topological polar surface area (TPSA) is 125 Å². The Morgan fingerprint density at radius 1 is 1.43 bits per heavy atom. The summed E-state index contributed by atoms with van der Waals surface area (Å²) in [5.74, 6) is -1.21. The number of rotatable bonds is 4. The predicted octanol–water partition coefficient (Wildman–Crippen LogP) is 0.869. The van der Waals surface area contributed by atoms with Crippen molar-refractivity contribution in [1.82, 2.24) is 15.3 Å². The first-order valence-electron chi connectivity index (χ1n) is 6.14. The Bertz CT molecular complexity index is 557. The van der Waals surface area contributed by atoms with E-state index in [9.17, 15) is 9.59 Å². The molecule has 0 fully saturated rings. The number of amides is 1. The van der Waals surface area contributed by atoms with Crippen LogP contribution in [0.15, 0.2) is 12.4 Å². The molecule has 0 bridgehead atoms. The first kappa shape index (κ1) is 16.4. The average molecular weight is 292 g/mol. The number of alkyl carbamates (subject to hydrolysis) is 1. The van der Waals surface area contributed by atoms with Gasteiger partial charge in [-0.25, -0.2) is 19.6 Å². The maximum Gasteiger partial charge on any atom is 0.408 e. The Labute approximate surface area is 121 Å². The molecule has 1 amide bonds. The normalized spacial score (nSPS) is 12.1. The lowest BCUT2D eigenvalue weighted by atomic mass is 10.1. The number of hydrogen-bond donors (Lipinski definition) is 2. The number of ether oxygens (including phenoxy) is 1. The van der Waals surface area contributed by atoms with Crippen molar-refractivity contribution in [3.63, 3.8) is 0 Å². The van der Waals surface area contributed by atoms with Crippen LogP contribution in [0.5, 0.6) is 0 Å². The summed E-state index contributed by atoms with van der Waals surface area (Å²) in [7, 11) is 0. The third-order valence-corrected chi connectivity index (χ3v) is 2.23. The maximum absolute atomic E-state index is 11.6. The van der Waals surface area contributed by atoms with Gasteiger partial charge in [-0.1, -0.05) is 0 Å². The molecule has 0 radical (unpaired) electrons. The molecule has 0 aromatic carbocycles. The highest BCUT2D eigenvalue weighted by Gasteiger charge is 2.24. The van der Waals surface area contributed by atoms with E-state index in [4.69, 9.17) is 15.1 Å². The molecule has 0 aliphatic carbocycles. The Balaban J connectivity index is 2.72. The van der Waals surface area contributed by atoms with Gasteiger partial charge in [0.2, 0.25) is 5.82 Å². The maximum atomic E-state index is 11.6. The summed E-state index contributed by atoms with van der Waals surface area (Å²) in [5.41, 5.74) is -0.234. The van der Waals surface area contributed by atoms with E-state index in [0.29, 0.717) is 5.56 Å². The number of nitriles is 1. The lowest BCUT2D eigenvalue weighted by Crippen LogP contribution is -2.44. The molecule has 112 valence electrons. The first-order valence-corrected chi connectivity index (χ1v) is 6.14.